The number of carbonyl (C=O) groups excluding carboxylic acids is 2. The third kappa shape index (κ3) is 3.63. The van der Waals surface area contributed by atoms with Gasteiger partial charge in [0.2, 0.25) is 0 Å². The summed E-state index contributed by atoms with van der Waals surface area (Å²) in [6, 6.07) is 16.1. The first kappa shape index (κ1) is 22.1. The fourth-order valence-corrected chi connectivity index (χ4v) is 5.43. The van der Waals surface area contributed by atoms with Gasteiger partial charge in [0.15, 0.2) is 5.13 Å². The van der Waals surface area contributed by atoms with Gasteiger partial charge in [-0.3, -0.25) is 14.5 Å². The molecule has 0 aliphatic carbocycles. The molecule has 0 radical (unpaired) electrons. The summed E-state index contributed by atoms with van der Waals surface area (Å²) in [6.07, 6.45) is 0. The highest BCUT2D eigenvalue weighted by molar-refractivity contribution is 7.22. The van der Waals surface area contributed by atoms with Gasteiger partial charge in [-0.2, -0.15) is 0 Å². The van der Waals surface area contributed by atoms with E-state index >= 15 is 0 Å². The van der Waals surface area contributed by atoms with Crippen LogP contribution in [0.25, 0.3) is 16.0 Å². The monoisotopic (exact) mass is 490 g/mol. The topological polar surface area (TPSA) is 90.7 Å². The van der Waals surface area contributed by atoms with Gasteiger partial charge in [0, 0.05) is 10.6 Å². The van der Waals surface area contributed by atoms with Crippen molar-refractivity contribution in [2.24, 2.45) is 0 Å². The molecule has 1 aromatic heterocycles. The minimum atomic E-state index is -0.969. The number of carbonyl (C=O) groups is 2. The van der Waals surface area contributed by atoms with Gasteiger partial charge in [-0.15, -0.1) is 0 Å². The van der Waals surface area contributed by atoms with E-state index < -0.39 is 17.7 Å². The van der Waals surface area contributed by atoms with Crippen LogP contribution in [0.3, 0.4) is 0 Å². The second-order valence-corrected chi connectivity index (χ2v) is 9.64. The van der Waals surface area contributed by atoms with Crippen molar-refractivity contribution in [3.63, 3.8) is 0 Å². The van der Waals surface area contributed by atoms with E-state index in [1.807, 2.05) is 26.0 Å². The van der Waals surface area contributed by atoms with Crippen molar-refractivity contribution in [3.8, 4) is 5.75 Å². The number of aliphatic hydroxyl groups is 1. The van der Waals surface area contributed by atoms with E-state index in [-0.39, 0.29) is 17.1 Å². The molecule has 1 saturated heterocycles. The number of aromatic nitrogens is 1. The number of nitrogens with zero attached hydrogens (tertiary/aromatic N) is 2. The maximum atomic E-state index is 13.3. The highest BCUT2D eigenvalue weighted by atomic mass is 35.5. The highest BCUT2D eigenvalue weighted by Crippen LogP contribution is 2.45. The zero-order chi connectivity index (χ0) is 24.1. The molecule has 8 heteroatoms. The number of aromatic hydroxyl groups is 1. The maximum Gasteiger partial charge on any atom is 0.301 e. The van der Waals surface area contributed by atoms with Crippen molar-refractivity contribution >= 4 is 55.7 Å². The van der Waals surface area contributed by atoms with E-state index in [0.29, 0.717) is 26.8 Å². The number of fused-ring (bicyclic) bond motifs is 1. The lowest BCUT2D eigenvalue weighted by atomic mass is 9.93. The fourth-order valence-electron chi connectivity index (χ4n) is 4.17. The normalized spacial score (nSPS) is 17.6. The molecule has 1 amide bonds. The first-order chi connectivity index (χ1) is 16.2. The molecule has 2 N–H and O–H groups in total. The minimum absolute atomic E-state index is 0.0223. The number of rotatable bonds is 3. The molecule has 1 unspecified atom stereocenters. The number of ketones is 1. The van der Waals surface area contributed by atoms with Gasteiger partial charge in [-0.25, -0.2) is 4.98 Å². The SMILES string of the molecule is Cc1ccc(C)c(/C(O)=C2\C(=O)C(=O)N(c3nc4ccc(Cl)cc4s3)C2c2cccc(O)c2)c1. The maximum absolute atomic E-state index is 13.3. The standard InChI is InChI=1S/C26H19ClN2O4S/c1-13-6-7-14(2)18(10-13)23(31)21-22(15-4-3-5-17(30)11-15)29(25(33)24(21)32)26-28-19-9-8-16(27)12-20(19)34-26/h3-12,22,30-31H,1-2H3/b23-21+. The van der Waals surface area contributed by atoms with Crippen LogP contribution in [0.2, 0.25) is 5.02 Å². The average Bonchev–Trinajstić information content (AvgIpc) is 3.33. The van der Waals surface area contributed by atoms with Crippen LogP contribution < -0.4 is 4.90 Å². The first-order valence-corrected chi connectivity index (χ1v) is 11.7. The molecule has 0 saturated carbocycles. The molecule has 170 valence electrons. The van der Waals surface area contributed by atoms with Crippen LogP contribution in [-0.2, 0) is 9.59 Å². The van der Waals surface area contributed by atoms with Crippen LogP contribution in [0.4, 0.5) is 5.13 Å². The molecule has 1 aliphatic heterocycles. The lowest BCUT2D eigenvalue weighted by molar-refractivity contribution is -0.132. The molecule has 3 aromatic carbocycles. The predicted octanol–water partition coefficient (Wildman–Crippen LogP) is 5.90. The van der Waals surface area contributed by atoms with E-state index in [0.717, 1.165) is 15.8 Å². The number of thiazole rings is 1. The number of Topliss-reactive ketones (excluding diaryl/α,β-unsaturated/α-hetero) is 1. The third-order valence-corrected chi connectivity index (χ3v) is 7.08. The summed E-state index contributed by atoms with van der Waals surface area (Å²) in [5.41, 5.74) is 3.19. The number of hydrogen-bond donors (Lipinski definition) is 2. The largest absolute Gasteiger partial charge is 0.508 e. The van der Waals surface area contributed by atoms with Crippen LogP contribution in [0.5, 0.6) is 5.75 Å². The Labute approximate surface area is 204 Å². The van der Waals surface area contributed by atoms with Gasteiger partial charge < -0.3 is 10.2 Å². The Hall–Kier alpha value is -3.68. The predicted molar refractivity (Wildman–Crippen MR) is 133 cm³/mol. The van der Waals surface area contributed by atoms with Gasteiger partial charge in [0.1, 0.15) is 11.5 Å². The Balaban J connectivity index is 1.77. The number of phenols is 1. The summed E-state index contributed by atoms with van der Waals surface area (Å²) in [5, 5.41) is 22.3. The molecule has 34 heavy (non-hydrogen) atoms. The van der Waals surface area contributed by atoms with Crippen LogP contribution in [-0.4, -0.2) is 26.9 Å². The Kier molecular flexibility index (Phi) is 5.38. The summed E-state index contributed by atoms with van der Waals surface area (Å²) in [7, 11) is 0. The van der Waals surface area contributed by atoms with Crippen molar-refractivity contribution in [2.75, 3.05) is 4.90 Å². The number of halogens is 1. The Morgan fingerprint density at radius 2 is 1.85 bits per heavy atom. The molecular formula is C26H19ClN2O4S. The molecule has 6 nitrogen and oxygen atoms in total. The fraction of sp³-hybridized carbons (Fsp3) is 0.115. The number of amides is 1. The van der Waals surface area contributed by atoms with Crippen molar-refractivity contribution in [1.29, 1.82) is 0 Å². The Morgan fingerprint density at radius 1 is 1.06 bits per heavy atom. The minimum Gasteiger partial charge on any atom is -0.508 e. The third-order valence-electron chi connectivity index (χ3n) is 5.82. The van der Waals surface area contributed by atoms with Crippen LogP contribution >= 0.6 is 22.9 Å². The molecule has 1 atom stereocenters. The molecule has 4 aromatic rings. The van der Waals surface area contributed by atoms with E-state index in [1.54, 1.807) is 36.4 Å². The van der Waals surface area contributed by atoms with Crippen molar-refractivity contribution < 1.29 is 19.8 Å². The summed E-state index contributed by atoms with van der Waals surface area (Å²) >= 11 is 7.34. The van der Waals surface area contributed by atoms with Gasteiger partial charge in [0.05, 0.1) is 21.8 Å². The van der Waals surface area contributed by atoms with E-state index in [2.05, 4.69) is 4.98 Å². The summed E-state index contributed by atoms with van der Waals surface area (Å²) < 4.78 is 0.758. The zero-order valence-corrected chi connectivity index (χ0v) is 19.8. The number of benzene rings is 3. The number of anilines is 1. The van der Waals surface area contributed by atoms with E-state index in [4.69, 9.17) is 11.6 Å². The lowest BCUT2D eigenvalue weighted by Gasteiger charge is -2.23. The van der Waals surface area contributed by atoms with Crippen LogP contribution in [0.15, 0.2) is 66.2 Å². The van der Waals surface area contributed by atoms with Crippen LogP contribution in [0, 0.1) is 13.8 Å². The number of aliphatic hydroxyl groups excluding tert-OH is 1. The van der Waals surface area contributed by atoms with Gasteiger partial charge in [0.25, 0.3) is 5.78 Å². The molecule has 0 bridgehead atoms. The van der Waals surface area contributed by atoms with E-state index in [1.165, 1.54) is 28.4 Å². The zero-order valence-electron chi connectivity index (χ0n) is 18.2. The molecule has 2 heterocycles. The van der Waals surface area contributed by atoms with Crippen molar-refractivity contribution in [1.82, 2.24) is 4.98 Å². The molecule has 1 aliphatic rings. The smallest absolute Gasteiger partial charge is 0.301 e. The second-order valence-electron chi connectivity index (χ2n) is 8.19. The van der Waals surface area contributed by atoms with Gasteiger partial charge >= 0.3 is 5.91 Å². The molecular weight excluding hydrogens is 472 g/mol. The summed E-state index contributed by atoms with van der Waals surface area (Å²) in [6.45, 7) is 3.71. The summed E-state index contributed by atoms with van der Waals surface area (Å²) in [5.74, 6) is -1.90. The molecule has 0 spiro atoms. The quantitative estimate of drug-likeness (QED) is 0.212. The van der Waals surface area contributed by atoms with Crippen LogP contribution in [0.1, 0.15) is 28.3 Å². The first-order valence-electron chi connectivity index (χ1n) is 10.5. The highest BCUT2D eigenvalue weighted by Gasteiger charge is 2.48. The van der Waals surface area contributed by atoms with E-state index in [9.17, 15) is 19.8 Å². The average molecular weight is 491 g/mol. The number of aryl methyl sites for hydroxylation is 2. The molecule has 5 rings (SSSR count). The molecule has 1 fully saturated rings. The Morgan fingerprint density at radius 3 is 2.62 bits per heavy atom. The van der Waals surface area contributed by atoms with Gasteiger partial charge in [-0.1, -0.05) is 52.8 Å². The Bertz CT molecular complexity index is 1520. The lowest BCUT2D eigenvalue weighted by Crippen LogP contribution is -2.29. The number of phenolic OH excluding ortho intramolecular Hbond substituents is 1. The van der Waals surface area contributed by atoms with Gasteiger partial charge in [-0.05, 0) is 61.4 Å². The number of hydrogen-bond acceptors (Lipinski definition) is 6. The van der Waals surface area contributed by atoms with Crippen molar-refractivity contribution in [2.45, 2.75) is 19.9 Å². The van der Waals surface area contributed by atoms with Crippen molar-refractivity contribution in [3.05, 3.63) is 93.5 Å². The second kappa shape index (κ2) is 8.27. The summed E-state index contributed by atoms with van der Waals surface area (Å²) in [4.78, 5) is 32.5.